The molecule has 0 spiro atoms. The third-order valence-electron chi connectivity index (χ3n) is 4.95. The molecule has 0 saturated carbocycles. The topological polar surface area (TPSA) is 53.4 Å². The number of nitrogens with zero attached hydrogens (tertiary/aromatic N) is 2. The normalized spacial score (nSPS) is 13.2. The van der Waals surface area contributed by atoms with Crippen molar-refractivity contribution >= 4 is 23.3 Å². The Hall–Kier alpha value is -3.08. The van der Waals surface area contributed by atoms with Crippen LogP contribution in [-0.2, 0) is 17.8 Å². The maximum atomic E-state index is 10.9. The Morgan fingerprint density at radius 2 is 2.11 bits per heavy atom. The third kappa shape index (κ3) is 3.40. The average Bonchev–Trinajstić information content (AvgIpc) is 3.10. The Morgan fingerprint density at radius 1 is 1.25 bits per heavy atom. The highest BCUT2D eigenvalue weighted by Crippen LogP contribution is 2.31. The van der Waals surface area contributed by atoms with Gasteiger partial charge in [-0.25, -0.2) is 0 Å². The van der Waals surface area contributed by atoms with E-state index in [1.54, 1.807) is 0 Å². The predicted octanol–water partition coefficient (Wildman–Crippen LogP) is 4.73. The maximum Gasteiger partial charge on any atom is 0.149 e. The van der Waals surface area contributed by atoms with E-state index in [-0.39, 0.29) is 0 Å². The van der Waals surface area contributed by atoms with E-state index in [0.29, 0.717) is 24.8 Å². The van der Waals surface area contributed by atoms with Crippen LogP contribution in [0.3, 0.4) is 0 Å². The van der Waals surface area contributed by atoms with Crippen LogP contribution < -0.4 is 9.47 Å². The molecule has 0 atom stereocenters. The number of carbonyl (C=O) groups is 1. The molecule has 2 aromatic carbocycles. The Bertz CT molecular complexity index is 1060. The minimum Gasteiger partial charge on any atom is -0.489 e. The van der Waals surface area contributed by atoms with Crippen LogP contribution in [0.25, 0.3) is 17.0 Å². The van der Waals surface area contributed by atoms with Gasteiger partial charge in [0.2, 0.25) is 0 Å². The lowest BCUT2D eigenvalue weighted by atomic mass is 10.1. The van der Waals surface area contributed by atoms with Gasteiger partial charge in [0.1, 0.15) is 31.0 Å². The van der Waals surface area contributed by atoms with Gasteiger partial charge in [-0.1, -0.05) is 13.0 Å². The Labute approximate surface area is 164 Å². The molecule has 4 rings (SSSR count). The maximum absolute atomic E-state index is 10.9. The summed E-state index contributed by atoms with van der Waals surface area (Å²) >= 11 is 0. The molecule has 0 unspecified atom stereocenters. The molecule has 1 aliphatic rings. The summed E-state index contributed by atoms with van der Waals surface area (Å²) < 4.78 is 13.7. The summed E-state index contributed by atoms with van der Waals surface area (Å²) in [5.74, 6) is 1.49. The molecular formula is C23H24N2O3. The molecule has 0 aliphatic carbocycles. The van der Waals surface area contributed by atoms with E-state index in [2.05, 4.69) is 43.7 Å². The van der Waals surface area contributed by atoms with Crippen molar-refractivity contribution in [1.29, 1.82) is 0 Å². The number of aldehydes is 1. The smallest absolute Gasteiger partial charge is 0.149 e. The fourth-order valence-corrected chi connectivity index (χ4v) is 3.48. The van der Waals surface area contributed by atoms with Gasteiger partial charge in [0.15, 0.2) is 0 Å². The summed E-state index contributed by atoms with van der Waals surface area (Å²) in [7, 11) is 0. The lowest BCUT2D eigenvalue weighted by Crippen LogP contribution is -2.08. The minimum atomic E-state index is 0.302. The van der Waals surface area contributed by atoms with E-state index < -0.39 is 0 Å². The largest absolute Gasteiger partial charge is 0.489 e. The molecule has 0 N–H and O–H groups in total. The fourth-order valence-electron chi connectivity index (χ4n) is 3.48. The first-order valence-corrected chi connectivity index (χ1v) is 9.64. The summed E-state index contributed by atoms with van der Waals surface area (Å²) in [6.07, 6.45) is 3.58. The van der Waals surface area contributed by atoms with E-state index in [1.807, 2.05) is 24.3 Å². The monoisotopic (exact) mass is 376 g/mol. The van der Waals surface area contributed by atoms with Crippen LogP contribution in [0, 0.1) is 0 Å². The second-order valence-corrected chi connectivity index (χ2v) is 7.30. The Morgan fingerprint density at radius 3 is 2.86 bits per heavy atom. The number of carbonyl (C=O) groups excluding carboxylic acids is 1. The van der Waals surface area contributed by atoms with E-state index in [1.165, 1.54) is 5.39 Å². The molecule has 5 heteroatoms. The van der Waals surface area contributed by atoms with E-state index in [9.17, 15) is 4.79 Å². The van der Waals surface area contributed by atoms with Crippen LogP contribution in [-0.4, -0.2) is 22.7 Å². The number of hydrogen-bond donors (Lipinski definition) is 0. The van der Waals surface area contributed by atoms with Gasteiger partial charge < -0.3 is 9.47 Å². The molecule has 2 heterocycles. The van der Waals surface area contributed by atoms with Crippen molar-refractivity contribution in [2.24, 2.45) is 0 Å². The average molecular weight is 376 g/mol. The first-order valence-electron chi connectivity index (χ1n) is 9.64. The van der Waals surface area contributed by atoms with Crippen molar-refractivity contribution in [2.45, 2.75) is 39.8 Å². The quantitative estimate of drug-likeness (QED) is 0.584. The van der Waals surface area contributed by atoms with Crippen LogP contribution >= 0.6 is 0 Å². The molecular weight excluding hydrogens is 352 g/mol. The van der Waals surface area contributed by atoms with Gasteiger partial charge in [0, 0.05) is 28.6 Å². The standard InChI is InChI=1S/C23H24N2O3/c1-4-21-20-10-16(5-8-22(20)25(24-21)15(2)3)13-27-19-7-6-18-9-17(12-26)14-28-23(18)11-19/h5-12,15H,4,13-14H2,1-3H3. The van der Waals surface area contributed by atoms with Gasteiger partial charge in [-0.2, -0.15) is 5.10 Å². The number of fused-ring (bicyclic) bond motifs is 2. The molecule has 0 fully saturated rings. The molecule has 1 aromatic heterocycles. The molecule has 0 amide bonds. The molecule has 0 bridgehead atoms. The highest BCUT2D eigenvalue weighted by Gasteiger charge is 2.14. The molecule has 3 aromatic rings. The molecule has 1 aliphatic heterocycles. The SMILES string of the molecule is CCc1nn(C(C)C)c2ccc(COc3ccc4c(c3)OCC(C=O)=C4)cc12. The second-order valence-electron chi connectivity index (χ2n) is 7.30. The molecule has 0 saturated heterocycles. The van der Waals surface area contributed by atoms with Gasteiger partial charge in [0.25, 0.3) is 0 Å². The van der Waals surface area contributed by atoms with Crippen molar-refractivity contribution < 1.29 is 14.3 Å². The molecule has 5 nitrogen and oxygen atoms in total. The number of aromatic nitrogens is 2. The predicted molar refractivity (Wildman–Crippen MR) is 110 cm³/mol. The zero-order chi connectivity index (χ0) is 19.7. The van der Waals surface area contributed by atoms with Crippen molar-refractivity contribution in [2.75, 3.05) is 6.61 Å². The number of ether oxygens (including phenoxy) is 2. The third-order valence-corrected chi connectivity index (χ3v) is 4.95. The summed E-state index contributed by atoms with van der Waals surface area (Å²) in [5, 5.41) is 5.95. The Kier molecular flexibility index (Phi) is 4.90. The number of hydrogen-bond acceptors (Lipinski definition) is 4. The molecule has 144 valence electrons. The van der Waals surface area contributed by atoms with E-state index in [0.717, 1.165) is 46.5 Å². The fraction of sp³-hybridized carbons (Fsp3) is 0.304. The summed E-state index contributed by atoms with van der Waals surface area (Å²) in [6.45, 7) is 7.20. The second kappa shape index (κ2) is 7.50. The number of benzene rings is 2. The first kappa shape index (κ1) is 18.3. The van der Waals surface area contributed by atoms with Gasteiger partial charge in [-0.3, -0.25) is 9.48 Å². The van der Waals surface area contributed by atoms with Crippen LogP contribution in [0.1, 0.15) is 43.6 Å². The van der Waals surface area contributed by atoms with Crippen molar-refractivity contribution in [3.63, 3.8) is 0 Å². The zero-order valence-electron chi connectivity index (χ0n) is 16.4. The summed E-state index contributed by atoms with van der Waals surface area (Å²) in [6, 6.07) is 12.4. The van der Waals surface area contributed by atoms with Crippen molar-refractivity contribution in [3.05, 3.63) is 58.8 Å². The van der Waals surface area contributed by atoms with Crippen LogP contribution in [0.5, 0.6) is 11.5 Å². The summed E-state index contributed by atoms with van der Waals surface area (Å²) in [5.41, 5.74) is 4.92. The van der Waals surface area contributed by atoms with Gasteiger partial charge >= 0.3 is 0 Å². The highest BCUT2D eigenvalue weighted by atomic mass is 16.5. The molecule has 28 heavy (non-hydrogen) atoms. The van der Waals surface area contributed by atoms with Gasteiger partial charge in [-0.05, 0) is 56.2 Å². The van der Waals surface area contributed by atoms with E-state index >= 15 is 0 Å². The van der Waals surface area contributed by atoms with Gasteiger partial charge in [0.05, 0.1) is 11.2 Å². The number of aryl methyl sites for hydroxylation is 1. The van der Waals surface area contributed by atoms with Crippen molar-refractivity contribution in [3.8, 4) is 11.5 Å². The van der Waals surface area contributed by atoms with Crippen LogP contribution in [0.15, 0.2) is 42.0 Å². The van der Waals surface area contributed by atoms with Gasteiger partial charge in [-0.15, -0.1) is 0 Å². The first-order chi connectivity index (χ1) is 13.6. The lowest BCUT2D eigenvalue weighted by Gasteiger charge is -2.16. The lowest BCUT2D eigenvalue weighted by molar-refractivity contribution is -0.105. The number of rotatable bonds is 6. The molecule has 0 radical (unpaired) electrons. The van der Waals surface area contributed by atoms with Crippen molar-refractivity contribution in [1.82, 2.24) is 9.78 Å². The van der Waals surface area contributed by atoms with Crippen LogP contribution in [0.2, 0.25) is 0 Å². The van der Waals surface area contributed by atoms with Crippen LogP contribution in [0.4, 0.5) is 0 Å². The minimum absolute atomic E-state index is 0.302. The summed E-state index contributed by atoms with van der Waals surface area (Å²) in [4.78, 5) is 10.9. The van der Waals surface area contributed by atoms with E-state index in [4.69, 9.17) is 14.6 Å². The zero-order valence-corrected chi connectivity index (χ0v) is 16.4. The highest BCUT2D eigenvalue weighted by molar-refractivity contribution is 5.84. The Balaban J connectivity index is 1.55.